The average Bonchev–Trinajstić information content (AvgIpc) is 3.19. The molecular formula is C16H31NO2. The van der Waals surface area contributed by atoms with E-state index < -0.39 is 0 Å². The molecule has 3 nitrogen and oxygen atoms in total. The number of hydrogen-bond acceptors (Lipinski definition) is 3. The van der Waals surface area contributed by atoms with Crippen LogP contribution >= 0.6 is 0 Å². The number of nitrogens with one attached hydrogen (secondary N) is 1. The predicted octanol–water partition coefficient (Wildman–Crippen LogP) is 2.72. The Morgan fingerprint density at radius 2 is 2.00 bits per heavy atom. The van der Waals surface area contributed by atoms with Crippen LogP contribution in [0.4, 0.5) is 0 Å². The molecule has 3 unspecified atom stereocenters. The lowest BCUT2D eigenvalue weighted by Gasteiger charge is -2.37. The van der Waals surface area contributed by atoms with E-state index in [2.05, 4.69) is 26.1 Å². The molecule has 0 aromatic heterocycles. The fourth-order valence-corrected chi connectivity index (χ4v) is 3.50. The highest BCUT2D eigenvalue weighted by Crippen LogP contribution is 2.40. The summed E-state index contributed by atoms with van der Waals surface area (Å²) in [4.78, 5) is 0. The first-order valence-electron chi connectivity index (χ1n) is 8.06. The average molecular weight is 269 g/mol. The SMILES string of the molecule is CC1CCCC(OCC(CO)(NC(C)C)C2CC2)C1. The zero-order valence-electron chi connectivity index (χ0n) is 12.8. The van der Waals surface area contributed by atoms with E-state index in [9.17, 15) is 5.11 Å². The summed E-state index contributed by atoms with van der Waals surface area (Å²) < 4.78 is 6.19. The monoisotopic (exact) mass is 269 g/mol. The van der Waals surface area contributed by atoms with Gasteiger partial charge in [-0.05, 0) is 37.5 Å². The molecular weight excluding hydrogens is 238 g/mol. The number of aliphatic hydroxyl groups excluding tert-OH is 1. The van der Waals surface area contributed by atoms with E-state index in [1.807, 2.05) is 0 Å². The Kier molecular flexibility index (Phi) is 5.27. The van der Waals surface area contributed by atoms with Gasteiger partial charge in [-0.25, -0.2) is 0 Å². The summed E-state index contributed by atoms with van der Waals surface area (Å²) in [5.41, 5.74) is -0.200. The highest BCUT2D eigenvalue weighted by molar-refractivity contribution is 5.02. The second-order valence-electron chi connectivity index (χ2n) is 7.09. The molecule has 112 valence electrons. The molecule has 0 saturated heterocycles. The molecule has 2 rings (SSSR count). The van der Waals surface area contributed by atoms with Crippen LogP contribution in [0.25, 0.3) is 0 Å². The molecule has 0 aromatic carbocycles. The Labute approximate surface area is 118 Å². The summed E-state index contributed by atoms with van der Waals surface area (Å²) in [6.07, 6.45) is 7.88. The van der Waals surface area contributed by atoms with Crippen LogP contribution in [0.2, 0.25) is 0 Å². The van der Waals surface area contributed by atoms with Gasteiger partial charge < -0.3 is 15.2 Å². The van der Waals surface area contributed by atoms with Crippen LogP contribution in [0.1, 0.15) is 59.3 Å². The Morgan fingerprint density at radius 1 is 1.26 bits per heavy atom. The topological polar surface area (TPSA) is 41.5 Å². The molecule has 0 aliphatic heterocycles. The lowest BCUT2D eigenvalue weighted by Crippen LogP contribution is -2.57. The van der Waals surface area contributed by atoms with Gasteiger partial charge in [-0.2, -0.15) is 0 Å². The van der Waals surface area contributed by atoms with Gasteiger partial charge in [0.15, 0.2) is 0 Å². The van der Waals surface area contributed by atoms with Crippen molar-refractivity contribution in [1.82, 2.24) is 5.32 Å². The molecule has 2 fully saturated rings. The molecule has 19 heavy (non-hydrogen) atoms. The van der Waals surface area contributed by atoms with Crippen molar-refractivity contribution >= 4 is 0 Å². The smallest absolute Gasteiger partial charge is 0.0681 e. The van der Waals surface area contributed by atoms with Gasteiger partial charge in [0.05, 0.1) is 24.9 Å². The molecule has 2 aliphatic rings. The van der Waals surface area contributed by atoms with Crippen molar-refractivity contribution in [2.75, 3.05) is 13.2 Å². The van der Waals surface area contributed by atoms with Gasteiger partial charge in [-0.15, -0.1) is 0 Å². The molecule has 2 N–H and O–H groups in total. The minimum absolute atomic E-state index is 0.193. The zero-order chi connectivity index (χ0) is 13.9. The number of aliphatic hydroxyl groups is 1. The van der Waals surface area contributed by atoms with E-state index in [1.165, 1.54) is 38.5 Å². The fourth-order valence-electron chi connectivity index (χ4n) is 3.50. The van der Waals surface area contributed by atoms with E-state index >= 15 is 0 Å². The third kappa shape index (κ3) is 4.17. The molecule has 3 heteroatoms. The largest absolute Gasteiger partial charge is 0.394 e. The van der Waals surface area contributed by atoms with Crippen LogP contribution in [0.5, 0.6) is 0 Å². The van der Waals surface area contributed by atoms with Crippen LogP contribution in [0.15, 0.2) is 0 Å². The van der Waals surface area contributed by atoms with Crippen molar-refractivity contribution in [3.63, 3.8) is 0 Å². The van der Waals surface area contributed by atoms with E-state index in [-0.39, 0.29) is 12.1 Å². The van der Waals surface area contributed by atoms with Gasteiger partial charge in [0.1, 0.15) is 0 Å². The van der Waals surface area contributed by atoms with Crippen LogP contribution < -0.4 is 5.32 Å². The molecule has 0 radical (unpaired) electrons. The molecule has 2 aliphatic carbocycles. The first-order chi connectivity index (χ1) is 9.05. The van der Waals surface area contributed by atoms with Gasteiger partial charge in [0.2, 0.25) is 0 Å². The molecule has 0 bridgehead atoms. The summed E-state index contributed by atoms with van der Waals surface area (Å²) in [5, 5.41) is 13.5. The van der Waals surface area contributed by atoms with E-state index in [0.717, 1.165) is 5.92 Å². The Bertz CT molecular complexity index is 278. The predicted molar refractivity (Wildman–Crippen MR) is 78.2 cm³/mol. The van der Waals surface area contributed by atoms with E-state index in [0.29, 0.717) is 24.7 Å². The maximum Gasteiger partial charge on any atom is 0.0681 e. The lowest BCUT2D eigenvalue weighted by atomic mass is 9.88. The first-order valence-corrected chi connectivity index (χ1v) is 8.06. The third-order valence-corrected chi connectivity index (χ3v) is 4.68. The van der Waals surface area contributed by atoms with Crippen LogP contribution in [0.3, 0.4) is 0 Å². The standard InChI is InChI=1S/C16H31NO2/c1-12(2)17-16(10-18,14-7-8-14)11-19-15-6-4-5-13(3)9-15/h12-15,17-18H,4-11H2,1-3H3. The molecule has 2 saturated carbocycles. The number of hydrogen-bond donors (Lipinski definition) is 2. The summed E-state index contributed by atoms with van der Waals surface area (Å²) in [7, 11) is 0. The van der Waals surface area contributed by atoms with Crippen molar-refractivity contribution < 1.29 is 9.84 Å². The molecule has 3 atom stereocenters. The van der Waals surface area contributed by atoms with Crippen LogP contribution in [-0.2, 0) is 4.74 Å². The van der Waals surface area contributed by atoms with Gasteiger partial charge >= 0.3 is 0 Å². The molecule has 0 aromatic rings. The van der Waals surface area contributed by atoms with E-state index in [4.69, 9.17) is 4.74 Å². The number of ether oxygens (including phenoxy) is 1. The van der Waals surface area contributed by atoms with Crippen molar-refractivity contribution in [2.24, 2.45) is 11.8 Å². The fraction of sp³-hybridized carbons (Fsp3) is 1.00. The minimum Gasteiger partial charge on any atom is -0.394 e. The summed E-state index contributed by atoms with van der Waals surface area (Å²) in [5.74, 6) is 1.39. The summed E-state index contributed by atoms with van der Waals surface area (Å²) in [6, 6.07) is 0.390. The van der Waals surface area contributed by atoms with Crippen LogP contribution in [-0.4, -0.2) is 36.0 Å². The molecule has 0 spiro atoms. The minimum atomic E-state index is -0.200. The Morgan fingerprint density at radius 3 is 2.53 bits per heavy atom. The Balaban J connectivity index is 1.88. The van der Waals surface area contributed by atoms with Gasteiger partial charge in [0, 0.05) is 6.04 Å². The maximum atomic E-state index is 9.87. The highest BCUT2D eigenvalue weighted by atomic mass is 16.5. The van der Waals surface area contributed by atoms with Gasteiger partial charge in [-0.3, -0.25) is 0 Å². The molecule has 0 amide bonds. The molecule has 0 heterocycles. The van der Waals surface area contributed by atoms with Gasteiger partial charge in [-0.1, -0.05) is 33.6 Å². The summed E-state index contributed by atoms with van der Waals surface area (Å²) in [6.45, 7) is 7.48. The van der Waals surface area contributed by atoms with Crippen LogP contribution in [0, 0.1) is 11.8 Å². The Hall–Kier alpha value is -0.120. The van der Waals surface area contributed by atoms with Crippen molar-refractivity contribution in [1.29, 1.82) is 0 Å². The second kappa shape index (κ2) is 6.55. The van der Waals surface area contributed by atoms with Gasteiger partial charge in [0.25, 0.3) is 0 Å². The van der Waals surface area contributed by atoms with E-state index in [1.54, 1.807) is 0 Å². The van der Waals surface area contributed by atoms with Crippen molar-refractivity contribution in [3.05, 3.63) is 0 Å². The third-order valence-electron chi connectivity index (χ3n) is 4.68. The first kappa shape index (κ1) is 15.3. The quantitative estimate of drug-likeness (QED) is 0.746. The number of rotatable bonds is 7. The van der Waals surface area contributed by atoms with Crippen molar-refractivity contribution in [3.8, 4) is 0 Å². The normalized spacial score (nSPS) is 31.4. The van der Waals surface area contributed by atoms with Crippen molar-refractivity contribution in [2.45, 2.75) is 77.0 Å². The highest BCUT2D eigenvalue weighted by Gasteiger charge is 2.45. The summed E-state index contributed by atoms with van der Waals surface area (Å²) >= 11 is 0. The maximum absolute atomic E-state index is 9.87. The lowest BCUT2D eigenvalue weighted by molar-refractivity contribution is -0.0408. The second-order valence-corrected chi connectivity index (χ2v) is 7.09. The zero-order valence-corrected chi connectivity index (χ0v) is 12.8.